The molecule has 0 atom stereocenters. The Balaban J connectivity index is 2.19. The third-order valence-electron chi connectivity index (χ3n) is 2.62. The molecule has 0 unspecified atom stereocenters. The lowest BCUT2D eigenvalue weighted by molar-refractivity contribution is 0.631. The predicted octanol–water partition coefficient (Wildman–Crippen LogP) is 4.40. The molecule has 1 aromatic carbocycles. The van der Waals surface area contributed by atoms with E-state index in [1.165, 1.54) is 6.07 Å². The molecule has 0 amide bonds. The molecule has 0 bridgehead atoms. The average Bonchev–Trinajstić information content (AvgIpc) is 2.71. The number of pyridine rings is 1. The SMILES string of the molecule is Fc1cc(Cl)ccc1-c1cn2cc(I)ccc2n1. The Morgan fingerprint density at radius 1 is 1.17 bits per heavy atom. The minimum absolute atomic E-state index is 0.361. The van der Waals surface area contributed by atoms with Gasteiger partial charge in [-0.2, -0.15) is 0 Å². The minimum atomic E-state index is -0.361. The molecule has 5 heteroatoms. The summed E-state index contributed by atoms with van der Waals surface area (Å²) in [5, 5.41) is 0.384. The zero-order chi connectivity index (χ0) is 12.7. The van der Waals surface area contributed by atoms with Crippen molar-refractivity contribution >= 4 is 39.8 Å². The highest BCUT2D eigenvalue weighted by Crippen LogP contribution is 2.25. The average molecular weight is 373 g/mol. The van der Waals surface area contributed by atoms with Gasteiger partial charge in [0, 0.05) is 26.5 Å². The van der Waals surface area contributed by atoms with E-state index in [0.717, 1.165) is 9.22 Å². The van der Waals surface area contributed by atoms with Crippen molar-refractivity contribution in [1.82, 2.24) is 9.38 Å². The van der Waals surface area contributed by atoms with Crippen LogP contribution in [0.15, 0.2) is 42.7 Å². The van der Waals surface area contributed by atoms with Crippen molar-refractivity contribution < 1.29 is 4.39 Å². The van der Waals surface area contributed by atoms with Gasteiger partial charge in [0.2, 0.25) is 0 Å². The highest BCUT2D eigenvalue weighted by Gasteiger charge is 2.09. The second-order valence-electron chi connectivity index (χ2n) is 3.86. The van der Waals surface area contributed by atoms with Crippen LogP contribution in [0.3, 0.4) is 0 Å². The monoisotopic (exact) mass is 372 g/mol. The molecule has 0 aliphatic heterocycles. The van der Waals surface area contributed by atoms with Crippen molar-refractivity contribution in [2.24, 2.45) is 0 Å². The van der Waals surface area contributed by atoms with E-state index in [4.69, 9.17) is 11.6 Å². The lowest BCUT2D eigenvalue weighted by Crippen LogP contribution is -1.83. The Labute approximate surface area is 122 Å². The fraction of sp³-hybridized carbons (Fsp3) is 0. The van der Waals surface area contributed by atoms with Crippen LogP contribution in [0.25, 0.3) is 16.9 Å². The highest BCUT2D eigenvalue weighted by molar-refractivity contribution is 14.1. The molecule has 0 saturated carbocycles. The van der Waals surface area contributed by atoms with Crippen molar-refractivity contribution in [2.45, 2.75) is 0 Å². The van der Waals surface area contributed by atoms with E-state index < -0.39 is 0 Å². The largest absolute Gasteiger partial charge is 0.305 e. The lowest BCUT2D eigenvalue weighted by Gasteiger charge is -1.98. The van der Waals surface area contributed by atoms with Gasteiger partial charge in [-0.25, -0.2) is 9.37 Å². The van der Waals surface area contributed by atoms with Crippen LogP contribution in [0.2, 0.25) is 5.02 Å². The molecule has 0 aliphatic rings. The third-order valence-corrected chi connectivity index (χ3v) is 3.50. The number of hydrogen-bond acceptors (Lipinski definition) is 1. The summed E-state index contributed by atoms with van der Waals surface area (Å²) < 4.78 is 16.8. The first-order valence-corrected chi connectivity index (χ1v) is 6.69. The number of nitrogens with zero attached hydrogens (tertiary/aromatic N) is 2. The molecule has 90 valence electrons. The standard InChI is InChI=1S/C13H7ClFIN2/c14-8-1-3-10(11(15)5-8)12-7-18-6-9(16)2-4-13(18)17-12/h1-7H. The van der Waals surface area contributed by atoms with Crippen LogP contribution in [0.1, 0.15) is 0 Å². The molecule has 3 rings (SSSR count). The molecule has 2 heterocycles. The lowest BCUT2D eigenvalue weighted by atomic mass is 10.1. The Kier molecular flexibility index (Phi) is 2.99. The molecule has 0 fully saturated rings. The zero-order valence-electron chi connectivity index (χ0n) is 9.07. The normalized spacial score (nSPS) is 11.1. The van der Waals surface area contributed by atoms with Gasteiger partial charge >= 0.3 is 0 Å². The number of rotatable bonds is 1. The van der Waals surface area contributed by atoms with E-state index in [2.05, 4.69) is 27.6 Å². The summed E-state index contributed by atoms with van der Waals surface area (Å²) in [7, 11) is 0. The maximum atomic E-state index is 13.8. The van der Waals surface area contributed by atoms with E-state index in [1.807, 2.05) is 28.9 Å². The Hall–Kier alpha value is -1.14. The summed E-state index contributed by atoms with van der Waals surface area (Å²) in [5.74, 6) is -0.361. The van der Waals surface area contributed by atoms with Gasteiger partial charge in [-0.3, -0.25) is 0 Å². The summed E-state index contributed by atoms with van der Waals surface area (Å²) in [6, 6.07) is 8.47. The predicted molar refractivity (Wildman–Crippen MR) is 78.3 cm³/mol. The van der Waals surface area contributed by atoms with E-state index in [-0.39, 0.29) is 5.82 Å². The molecule has 0 radical (unpaired) electrons. The highest BCUT2D eigenvalue weighted by atomic mass is 127. The van der Waals surface area contributed by atoms with Gasteiger partial charge < -0.3 is 4.40 Å². The number of hydrogen-bond donors (Lipinski definition) is 0. The first-order valence-electron chi connectivity index (χ1n) is 5.23. The molecule has 3 aromatic rings. The number of halogens is 3. The Morgan fingerprint density at radius 2 is 2.00 bits per heavy atom. The maximum Gasteiger partial charge on any atom is 0.137 e. The van der Waals surface area contributed by atoms with E-state index in [0.29, 0.717) is 16.3 Å². The van der Waals surface area contributed by atoms with E-state index in [1.54, 1.807) is 12.1 Å². The number of benzene rings is 1. The van der Waals surface area contributed by atoms with Gasteiger partial charge in [-0.05, 0) is 52.9 Å². The van der Waals surface area contributed by atoms with Crippen LogP contribution in [0.5, 0.6) is 0 Å². The molecular formula is C13H7ClFIN2. The van der Waals surface area contributed by atoms with Gasteiger partial charge in [0.25, 0.3) is 0 Å². The topological polar surface area (TPSA) is 17.3 Å². The van der Waals surface area contributed by atoms with Crippen LogP contribution in [-0.2, 0) is 0 Å². The summed E-state index contributed by atoms with van der Waals surface area (Å²) in [4.78, 5) is 4.39. The molecule has 0 aliphatic carbocycles. The summed E-state index contributed by atoms with van der Waals surface area (Å²) in [6.07, 6.45) is 3.75. The minimum Gasteiger partial charge on any atom is -0.305 e. The Morgan fingerprint density at radius 3 is 2.78 bits per heavy atom. The van der Waals surface area contributed by atoms with Crippen LogP contribution >= 0.6 is 34.2 Å². The van der Waals surface area contributed by atoms with Gasteiger partial charge in [-0.15, -0.1) is 0 Å². The summed E-state index contributed by atoms with van der Waals surface area (Å²) in [5.41, 5.74) is 1.85. The first-order chi connectivity index (χ1) is 8.63. The fourth-order valence-electron chi connectivity index (χ4n) is 1.79. The number of imidazole rings is 1. The van der Waals surface area contributed by atoms with Crippen molar-refractivity contribution in [2.75, 3.05) is 0 Å². The summed E-state index contributed by atoms with van der Waals surface area (Å²) in [6.45, 7) is 0. The molecule has 2 aromatic heterocycles. The second kappa shape index (κ2) is 4.51. The van der Waals surface area contributed by atoms with Gasteiger partial charge in [0.05, 0.1) is 5.69 Å². The second-order valence-corrected chi connectivity index (χ2v) is 5.55. The van der Waals surface area contributed by atoms with Crippen molar-refractivity contribution in [3.63, 3.8) is 0 Å². The maximum absolute atomic E-state index is 13.8. The van der Waals surface area contributed by atoms with Crippen LogP contribution < -0.4 is 0 Å². The van der Waals surface area contributed by atoms with Gasteiger partial charge in [0.1, 0.15) is 11.5 Å². The Bertz CT molecular complexity index is 739. The van der Waals surface area contributed by atoms with Gasteiger partial charge in [-0.1, -0.05) is 11.6 Å². The first kappa shape index (κ1) is 11.9. The van der Waals surface area contributed by atoms with Crippen molar-refractivity contribution in [3.8, 4) is 11.3 Å². The van der Waals surface area contributed by atoms with Gasteiger partial charge in [0.15, 0.2) is 0 Å². The smallest absolute Gasteiger partial charge is 0.137 e. The molecular weight excluding hydrogens is 366 g/mol. The molecule has 2 nitrogen and oxygen atoms in total. The van der Waals surface area contributed by atoms with E-state index in [9.17, 15) is 4.39 Å². The number of fused-ring (bicyclic) bond motifs is 1. The number of aromatic nitrogens is 2. The van der Waals surface area contributed by atoms with Crippen LogP contribution in [-0.4, -0.2) is 9.38 Å². The molecule has 0 saturated heterocycles. The molecule has 0 spiro atoms. The fourth-order valence-corrected chi connectivity index (χ4v) is 2.43. The van der Waals surface area contributed by atoms with Crippen molar-refractivity contribution in [1.29, 1.82) is 0 Å². The molecule has 18 heavy (non-hydrogen) atoms. The van der Waals surface area contributed by atoms with Crippen LogP contribution in [0.4, 0.5) is 4.39 Å². The summed E-state index contributed by atoms with van der Waals surface area (Å²) >= 11 is 7.96. The third kappa shape index (κ3) is 2.10. The van der Waals surface area contributed by atoms with Crippen molar-refractivity contribution in [3.05, 3.63) is 57.1 Å². The van der Waals surface area contributed by atoms with Crippen LogP contribution in [0, 0.1) is 9.39 Å². The zero-order valence-corrected chi connectivity index (χ0v) is 12.0. The molecule has 0 N–H and O–H groups in total. The quantitative estimate of drug-likeness (QED) is 0.579. The van der Waals surface area contributed by atoms with E-state index >= 15 is 0 Å².